The fourth-order valence-electron chi connectivity index (χ4n) is 1.81. The maximum Gasteiger partial charge on any atom is 0.264 e. The molecule has 0 radical (unpaired) electrons. The number of benzene rings is 1. The highest BCUT2D eigenvalue weighted by atomic mass is 79.9. The molecule has 1 aromatic heterocycles. The molecule has 3 N–H and O–H groups in total. The molecule has 0 aliphatic carbocycles. The fourth-order valence-corrected chi connectivity index (χ4v) is 4.65. The lowest BCUT2D eigenvalue weighted by molar-refractivity contribution is 0.598. The number of hydrogen-bond donors (Lipinski definition) is 2. The number of anilines is 2. The number of thiazole rings is 1. The van der Waals surface area contributed by atoms with Crippen molar-refractivity contribution in [2.75, 3.05) is 10.5 Å². The highest BCUT2D eigenvalue weighted by molar-refractivity contribution is 9.11. The average Bonchev–Trinajstić information content (AvgIpc) is 2.70. The number of halogens is 2. The van der Waals surface area contributed by atoms with Crippen LogP contribution in [0.2, 0.25) is 0 Å². The second-order valence-corrected chi connectivity index (χ2v) is 8.15. The SMILES string of the molecule is Cc1cc(F)c(N)c(C)c1S(=O)(=O)Nc1ncc(Br)s1. The number of aromatic nitrogens is 1. The Balaban J connectivity index is 2.52. The van der Waals surface area contributed by atoms with E-state index in [1.54, 1.807) is 0 Å². The zero-order chi connectivity index (χ0) is 15.1. The number of sulfonamides is 1. The lowest BCUT2D eigenvalue weighted by atomic mass is 10.1. The Labute approximate surface area is 128 Å². The lowest BCUT2D eigenvalue weighted by Gasteiger charge is -2.13. The predicted molar refractivity (Wildman–Crippen MR) is 80.9 cm³/mol. The third kappa shape index (κ3) is 2.79. The van der Waals surface area contributed by atoms with Gasteiger partial charge in [-0.1, -0.05) is 11.3 Å². The van der Waals surface area contributed by atoms with Crippen molar-refractivity contribution in [2.24, 2.45) is 0 Å². The maximum absolute atomic E-state index is 13.5. The topological polar surface area (TPSA) is 85.1 Å². The molecule has 2 rings (SSSR count). The number of rotatable bonds is 3. The molecule has 0 saturated heterocycles. The van der Waals surface area contributed by atoms with Gasteiger partial charge in [-0.3, -0.25) is 4.72 Å². The summed E-state index contributed by atoms with van der Waals surface area (Å²) in [6, 6.07) is 1.11. The molecule has 2 aromatic rings. The van der Waals surface area contributed by atoms with Gasteiger partial charge in [0.2, 0.25) is 0 Å². The predicted octanol–water partition coefficient (Wildman–Crippen LogP) is 3.04. The second kappa shape index (κ2) is 5.30. The molecular formula is C11H11BrFN3O2S2. The Hall–Kier alpha value is -1.19. The van der Waals surface area contributed by atoms with Gasteiger partial charge in [0.15, 0.2) is 5.13 Å². The highest BCUT2D eigenvalue weighted by Gasteiger charge is 2.24. The van der Waals surface area contributed by atoms with Crippen molar-refractivity contribution in [2.45, 2.75) is 18.7 Å². The summed E-state index contributed by atoms with van der Waals surface area (Å²) in [5.41, 5.74) is 5.86. The van der Waals surface area contributed by atoms with Gasteiger partial charge in [0, 0.05) is 0 Å². The molecule has 0 spiro atoms. The summed E-state index contributed by atoms with van der Waals surface area (Å²) in [6.45, 7) is 2.99. The first-order valence-electron chi connectivity index (χ1n) is 5.41. The Morgan fingerprint density at radius 2 is 2.10 bits per heavy atom. The quantitative estimate of drug-likeness (QED) is 0.802. The number of nitrogen functional groups attached to an aromatic ring is 1. The van der Waals surface area contributed by atoms with Crippen LogP contribution in [0.3, 0.4) is 0 Å². The van der Waals surface area contributed by atoms with E-state index in [2.05, 4.69) is 25.6 Å². The van der Waals surface area contributed by atoms with Gasteiger partial charge in [0.1, 0.15) is 5.82 Å². The molecule has 0 bridgehead atoms. The summed E-state index contributed by atoms with van der Waals surface area (Å²) >= 11 is 4.34. The monoisotopic (exact) mass is 379 g/mol. The maximum atomic E-state index is 13.5. The largest absolute Gasteiger partial charge is 0.396 e. The first-order chi connectivity index (χ1) is 9.22. The molecule has 1 aromatic carbocycles. The molecule has 108 valence electrons. The van der Waals surface area contributed by atoms with Gasteiger partial charge in [-0.2, -0.15) is 0 Å². The van der Waals surface area contributed by atoms with Crippen LogP contribution in [0.4, 0.5) is 15.2 Å². The van der Waals surface area contributed by atoms with Crippen LogP contribution in [0.25, 0.3) is 0 Å². The van der Waals surface area contributed by atoms with Gasteiger partial charge in [-0.25, -0.2) is 17.8 Å². The van der Waals surface area contributed by atoms with E-state index >= 15 is 0 Å². The third-order valence-corrected chi connectivity index (χ3v) is 5.82. The number of aryl methyl sites for hydroxylation is 1. The van der Waals surface area contributed by atoms with Gasteiger partial charge in [0.25, 0.3) is 10.0 Å². The minimum absolute atomic E-state index is 0.0253. The van der Waals surface area contributed by atoms with E-state index in [9.17, 15) is 12.8 Å². The molecule has 5 nitrogen and oxygen atoms in total. The van der Waals surface area contributed by atoms with E-state index in [0.717, 1.165) is 17.4 Å². The molecule has 0 fully saturated rings. The Bertz CT molecular complexity index is 774. The van der Waals surface area contributed by atoms with Gasteiger partial charge < -0.3 is 5.73 Å². The normalized spacial score (nSPS) is 11.6. The van der Waals surface area contributed by atoms with Crippen molar-refractivity contribution in [3.8, 4) is 0 Å². The van der Waals surface area contributed by atoms with E-state index in [4.69, 9.17) is 5.73 Å². The molecule has 0 amide bonds. The van der Waals surface area contributed by atoms with Crippen LogP contribution in [0.15, 0.2) is 20.9 Å². The number of nitrogens with one attached hydrogen (secondary N) is 1. The minimum Gasteiger partial charge on any atom is -0.396 e. The van der Waals surface area contributed by atoms with Gasteiger partial charge >= 0.3 is 0 Å². The van der Waals surface area contributed by atoms with Crippen LogP contribution in [-0.2, 0) is 10.0 Å². The van der Waals surface area contributed by atoms with Crippen molar-refractivity contribution in [3.05, 3.63) is 33.0 Å². The average molecular weight is 380 g/mol. The van der Waals surface area contributed by atoms with E-state index in [1.165, 1.54) is 20.0 Å². The first-order valence-corrected chi connectivity index (χ1v) is 8.51. The van der Waals surface area contributed by atoms with Crippen LogP contribution >= 0.6 is 27.3 Å². The minimum atomic E-state index is -3.87. The Morgan fingerprint density at radius 1 is 1.45 bits per heavy atom. The lowest BCUT2D eigenvalue weighted by Crippen LogP contribution is -2.17. The summed E-state index contributed by atoms with van der Waals surface area (Å²) in [4.78, 5) is 3.88. The van der Waals surface area contributed by atoms with Gasteiger partial charge in [-0.15, -0.1) is 0 Å². The smallest absolute Gasteiger partial charge is 0.264 e. The van der Waals surface area contributed by atoms with Crippen molar-refractivity contribution in [1.29, 1.82) is 0 Å². The second-order valence-electron chi connectivity index (χ2n) is 4.12. The van der Waals surface area contributed by atoms with Crippen LogP contribution in [0, 0.1) is 19.7 Å². The summed E-state index contributed by atoms with van der Waals surface area (Å²) in [5, 5.41) is 0.221. The van der Waals surface area contributed by atoms with Crippen LogP contribution in [-0.4, -0.2) is 13.4 Å². The molecule has 0 saturated carbocycles. The van der Waals surface area contributed by atoms with E-state index in [-0.39, 0.29) is 26.8 Å². The van der Waals surface area contributed by atoms with Gasteiger partial charge in [0.05, 0.1) is 20.6 Å². The van der Waals surface area contributed by atoms with Crippen molar-refractivity contribution < 1.29 is 12.8 Å². The first kappa shape index (κ1) is 15.2. The summed E-state index contributed by atoms with van der Waals surface area (Å²) in [7, 11) is -3.87. The zero-order valence-corrected chi connectivity index (χ0v) is 13.8. The van der Waals surface area contributed by atoms with Crippen molar-refractivity contribution in [3.63, 3.8) is 0 Å². The molecule has 9 heteroatoms. The standard InChI is InChI=1S/C11H11BrFN3O2S2/c1-5-3-7(13)9(14)6(2)10(5)20(17,18)16-11-15-4-8(12)19-11/h3-4H,14H2,1-2H3,(H,15,16). The summed E-state index contributed by atoms with van der Waals surface area (Å²) < 4.78 is 41.3. The highest BCUT2D eigenvalue weighted by Crippen LogP contribution is 2.30. The molecule has 1 heterocycles. The van der Waals surface area contributed by atoms with Gasteiger partial charge in [-0.05, 0) is 47.0 Å². The summed E-state index contributed by atoms with van der Waals surface area (Å²) in [6.07, 6.45) is 1.49. The third-order valence-electron chi connectivity index (χ3n) is 2.67. The zero-order valence-electron chi connectivity index (χ0n) is 10.6. The molecule has 0 aliphatic heterocycles. The molecule has 20 heavy (non-hydrogen) atoms. The molecule has 0 unspecified atom stereocenters. The Morgan fingerprint density at radius 3 is 2.65 bits per heavy atom. The van der Waals surface area contributed by atoms with Crippen LogP contribution in [0.5, 0.6) is 0 Å². The number of hydrogen-bond acceptors (Lipinski definition) is 5. The van der Waals surface area contributed by atoms with E-state index in [0.29, 0.717) is 3.79 Å². The van der Waals surface area contributed by atoms with Crippen molar-refractivity contribution >= 4 is 48.1 Å². The Kier molecular flexibility index (Phi) is 4.03. The summed E-state index contributed by atoms with van der Waals surface area (Å²) in [5.74, 6) is -0.629. The number of nitrogens with two attached hydrogens (primary N) is 1. The molecular weight excluding hydrogens is 369 g/mol. The van der Waals surface area contributed by atoms with E-state index in [1.807, 2.05) is 0 Å². The van der Waals surface area contributed by atoms with Crippen molar-refractivity contribution in [1.82, 2.24) is 4.98 Å². The van der Waals surface area contributed by atoms with E-state index < -0.39 is 15.8 Å². The van der Waals surface area contributed by atoms with Crippen LogP contribution in [0.1, 0.15) is 11.1 Å². The van der Waals surface area contributed by atoms with Crippen LogP contribution < -0.4 is 10.5 Å². The molecule has 0 atom stereocenters. The fraction of sp³-hybridized carbons (Fsp3) is 0.182. The number of nitrogens with zero attached hydrogens (tertiary/aromatic N) is 1. The molecule has 0 aliphatic rings.